The smallest absolute Gasteiger partial charge is 0.296 e. The molecule has 0 saturated carbocycles. The average Bonchev–Trinajstić information content (AvgIpc) is 3.52. The predicted octanol–water partition coefficient (Wildman–Crippen LogP) is 5.16. The first-order valence-electron chi connectivity index (χ1n) is 10.6. The summed E-state index contributed by atoms with van der Waals surface area (Å²) < 4.78 is 44.2. The summed E-state index contributed by atoms with van der Waals surface area (Å²) in [6.45, 7) is 1.13. The normalized spacial score (nSPS) is 22.1. The van der Waals surface area contributed by atoms with Gasteiger partial charge >= 0.3 is 0 Å². The van der Waals surface area contributed by atoms with Crippen molar-refractivity contribution in [1.29, 1.82) is 0 Å². The van der Waals surface area contributed by atoms with Crippen LogP contribution < -0.4 is 4.74 Å². The Hall–Kier alpha value is -3.07. The van der Waals surface area contributed by atoms with Gasteiger partial charge in [0.05, 0.1) is 28.9 Å². The first-order chi connectivity index (χ1) is 16.0. The summed E-state index contributed by atoms with van der Waals surface area (Å²) in [5.74, 6) is -1.76. The molecule has 2 saturated heterocycles. The molecular weight excluding hydrogens is 452 g/mol. The van der Waals surface area contributed by atoms with Gasteiger partial charge in [0, 0.05) is 12.2 Å². The number of nitrogens with one attached hydrogen (secondary N) is 1. The Morgan fingerprint density at radius 1 is 0.939 bits per heavy atom. The molecule has 168 valence electrons. The van der Waals surface area contributed by atoms with Gasteiger partial charge in [0.25, 0.3) is 6.01 Å². The van der Waals surface area contributed by atoms with Crippen molar-refractivity contribution in [3.05, 3.63) is 65.2 Å². The van der Waals surface area contributed by atoms with Crippen LogP contribution in [0, 0.1) is 11.6 Å². The molecule has 0 radical (unpaired) electrons. The third-order valence-electron chi connectivity index (χ3n) is 6.00. The average molecular weight is 470 g/mol. The van der Waals surface area contributed by atoms with Crippen molar-refractivity contribution in [3.8, 4) is 28.4 Å². The van der Waals surface area contributed by atoms with Gasteiger partial charge in [-0.15, -0.1) is 0 Å². The molecule has 2 aliphatic rings. The van der Waals surface area contributed by atoms with E-state index < -0.39 is 11.6 Å². The molecule has 4 heterocycles. The van der Waals surface area contributed by atoms with Crippen molar-refractivity contribution in [1.82, 2.24) is 15.0 Å². The minimum absolute atomic E-state index is 0.0768. The summed E-state index contributed by atoms with van der Waals surface area (Å²) in [5.41, 5.74) is 3.77. The summed E-state index contributed by atoms with van der Waals surface area (Å²) in [6.07, 6.45) is 0.642. The van der Waals surface area contributed by atoms with Gasteiger partial charge in [-0.3, -0.25) is 0 Å². The molecule has 0 spiro atoms. The van der Waals surface area contributed by atoms with E-state index in [9.17, 15) is 8.78 Å². The molecular formula is C24H18ClF2N3O3. The number of halogens is 3. The lowest BCUT2D eigenvalue weighted by Gasteiger charge is -2.15. The zero-order valence-electron chi connectivity index (χ0n) is 17.2. The Kier molecular flexibility index (Phi) is 5.01. The fourth-order valence-electron chi connectivity index (χ4n) is 4.32. The number of H-pyrrole nitrogens is 1. The second-order valence-electron chi connectivity index (χ2n) is 8.09. The second-order valence-corrected chi connectivity index (χ2v) is 8.50. The van der Waals surface area contributed by atoms with Gasteiger partial charge in [0.2, 0.25) is 0 Å². The Morgan fingerprint density at radius 2 is 1.73 bits per heavy atom. The molecule has 2 aromatic heterocycles. The summed E-state index contributed by atoms with van der Waals surface area (Å²) in [4.78, 5) is 12.2. The third kappa shape index (κ3) is 3.74. The van der Waals surface area contributed by atoms with Crippen LogP contribution in [0.1, 0.15) is 6.42 Å². The number of ether oxygens (including phenoxy) is 3. The molecule has 6 rings (SSSR count). The fraction of sp³-hybridized carbons (Fsp3) is 0.250. The Bertz CT molecular complexity index is 1350. The van der Waals surface area contributed by atoms with E-state index in [1.807, 2.05) is 12.1 Å². The maximum Gasteiger partial charge on any atom is 0.296 e. The van der Waals surface area contributed by atoms with Crippen LogP contribution in [0.2, 0.25) is 5.02 Å². The molecule has 33 heavy (non-hydrogen) atoms. The van der Waals surface area contributed by atoms with Gasteiger partial charge < -0.3 is 19.2 Å². The van der Waals surface area contributed by atoms with Crippen molar-refractivity contribution in [2.75, 3.05) is 13.2 Å². The van der Waals surface area contributed by atoms with Gasteiger partial charge in [0.15, 0.2) is 23.4 Å². The lowest BCUT2D eigenvalue weighted by molar-refractivity contribution is 0.0273. The van der Waals surface area contributed by atoms with Crippen molar-refractivity contribution in [2.24, 2.45) is 0 Å². The highest BCUT2D eigenvalue weighted by atomic mass is 35.5. The highest BCUT2D eigenvalue weighted by Gasteiger charge is 2.43. The van der Waals surface area contributed by atoms with Crippen molar-refractivity contribution in [2.45, 2.75) is 24.7 Å². The molecule has 2 aromatic carbocycles. The number of pyridine rings is 1. The molecule has 0 aliphatic carbocycles. The molecule has 0 bridgehead atoms. The monoisotopic (exact) mass is 469 g/mol. The van der Waals surface area contributed by atoms with Crippen LogP contribution in [-0.2, 0) is 9.47 Å². The van der Waals surface area contributed by atoms with Crippen LogP contribution >= 0.6 is 11.6 Å². The summed E-state index contributed by atoms with van der Waals surface area (Å²) in [7, 11) is 0. The van der Waals surface area contributed by atoms with Crippen LogP contribution in [-0.4, -0.2) is 46.5 Å². The topological polar surface area (TPSA) is 69.3 Å². The van der Waals surface area contributed by atoms with Gasteiger partial charge in [-0.2, -0.15) is 4.98 Å². The molecule has 2 fully saturated rings. The standard InChI is InChI=1S/C24H18ClF2N3O3/c25-15-10-18-23(30-24(28-18)33-20-11-32-19-7-8-31-22(19)20)29-21(15)13-3-1-12(2-4-13)14-5-6-16(26)17(27)9-14/h1-6,9-10,19-20,22H,7-8,11H2,(H,28,29,30)/t19-,20?,22+/m1/s1. The maximum absolute atomic E-state index is 13.6. The number of hydrogen-bond donors (Lipinski definition) is 1. The SMILES string of the molecule is Fc1ccc(-c2ccc(-c3nc4nc(OC5CO[C@@H]6CCO[C@H]56)[nH]c4cc3Cl)cc2)cc1F. The van der Waals surface area contributed by atoms with E-state index in [-0.39, 0.29) is 18.3 Å². The van der Waals surface area contributed by atoms with Crippen LogP contribution in [0.5, 0.6) is 6.01 Å². The van der Waals surface area contributed by atoms with Gasteiger partial charge in [-0.25, -0.2) is 13.8 Å². The number of aromatic amines is 1. The number of imidazole rings is 1. The molecule has 3 atom stereocenters. The number of benzene rings is 2. The first kappa shape index (κ1) is 20.5. The van der Waals surface area contributed by atoms with E-state index in [0.717, 1.165) is 23.6 Å². The van der Waals surface area contributed by atoms with Crippen LogP contribution in [0.15, 0.2) is 48.5 Å². The predicted molar refractivity (Wildman–Crippen MR) is 118 cm³/mol. The molecule has 0 amide bonds. The molecule has 4 aromatic rings. The van der Waals surface area contributed by atoms with E-state index in [1.165, 1.54) is 12.1 Å². The van der Waals surface area contributed by atoms with Crippen LogP contribution in [0.4, 0.5) is 8.78 Å². The summed E-state index contributed by atoms with van der Waals surface area (Å²) in [6, 6.07) is 13.2. The van der Waals surface area contributed by atoms with Crippen molar-refractivity contribution >= 4 is 22.8 Å². The van der Waals surface area contributed by atoms with E-state index in [4.69, 9.17) is 25.8 Å². The fourth-order valence-corrected chi connectivity index (χ4v) is 4.59. The third-order valence-corrected chi connectivity index (χ3v) is 6.29. The largest absolute Gasteiger partial charge is 0.456 e. The summed E-state index contributed by atoms with van der Waals surface area (Å²) >= 11 is 6.50. The van der Waals surface area contributed by atoms with Crippen molar-refractivity contribution in [3.63, 3.8) is 0 Å². The van der Waals surface area contributed by atoms with Gasteiger partial charge in [0.1, 0.15) is 6.10 Å². The Labute approximate surface area is 192 Å². The number of hydrogen-bond acceptors (Lipinski definition) is 5. The molecule has 9 heteroatoms. The second kappa shape index (κ2) is 8.06. The molecule has 6 nitrogen and oxygen atoms in total. The van der Waals surface area contributed by atoms with Crippen LogP contribution in [0.3, 0.4) is 0 Å². The van der Waals surface area contributed by atoms with E-state index >= 15 is 0 Å². The maximum atomic E-state index is 13.6. The summed E-state index contributed by atoms with van der Waals surface area (Å²) in [5, 5.41) is 0.446. The van der Waals surface area contributed by atoms with Gasteiger partial charge in [-0.1, -0.05) is 41.9 Å². The zero-order valence-corrected chi connectivity index (χ0v) is 18.0. The quantitative estimate of drug-likeness (QED) is 0.447. The number of fused-ring (bicyclic) bond motifs is 2. The van der Waals surface area contributed by atoms with E-state index in [0.29, 0.717) is 46.7 Å². The highest BCUT2D eigenvalue weighted by molar-refractivity contribution is 6.33. The number of rotatable bonds is 4. The lowest BCUT2D eigenvalue weighted by atomic mass is 10.0. The minimum Gasteiger partial charge on any atom is -0.456 e. The molecule has 1 unspecified atom stereocenters. The van der Waals surface area contributed by atoms with Crippen molar-refractivity contribution < 1.29 is 23.0 Å². The number of nitrogens with zero attached hydrogens (tertiary/aromatic N) is 2. The zero-order chi connectivity index (χ0) is 22.5. The Morgan fingerprint density at radius 3 is 2.55 bits per heavy atom. The van der Waals surface area contributed by atoms with E-state index in [2.05, 4.69) is 15.0 Å². The highest BCUT2D eigenvalue weighted by Crippen LogP contribution is 2.33. The first-order valence-corrected chi connectivity index (χ1v) is 10.9. The molecule has 1 N–H and O–H groups in total. The van der Waals surface area contributed by atoms with E-state index in [1.54, 1.807) is 18.2 Å². The van der Waals surface area contributed by atoms with Crippen LogP contribution in [0.25, 0.3) is 33.5 Å². The van der Waals surface area contributed by atoms with Gasteiger partial charge in [-0.05, 0) is 35.7 Å². The Balaban J connectivity index is 1.27. The number of aromatic nitrogens is 3. The molecule has 2 aliphatic heterocycles. The minimum atomic E-state index is -0.887. The lowest BCUT2D eigenvalue weighted by Crippen LogP contribution is -2.32.